The molecule has 0 radical (unpaired) electrons. The second kappa shape index (κ2) is 8.40. The van der Waals surface area contributed by atoms with Gasteiger partial charge in [-0.2, -0.15) is 0 Å². The number of carbonyl (C=O) groups is 1. The average Bonchev–Trinajstić information content (AvgIpc) is 3.08. The Morgan fingerprint density at radius 1 is 1.10 bits per heavy atom. The number of hydrogen-bond acceptors (Lipinski definition) is 3. The maximum absolute atomic E-state index is 13.7. The number of benzene rings is 2. The van der Waals surface area contributed by atoms with Crippen molar-refractivity contribution in [3.05, 3.63) is 71.8 Å². The average molecular weight is 418 g/mol. The second-order valence-corrected chi connectivity index (χ2v) is 10.3. The fraction of sp³-hybridized carbons (Fsp3) is 0.519. The van der Waals surface area contributed by atoms with Crippen molar-refractivity contribution in [2.75, 3.05) is 13.1 Å². The van der Waals surface area contributed by atoms with Gasteiger partial charge in [0, 0.05) is 38.1 Å². The molecule has 4 aliphatic rings. The number of amides is 1. The van der Waals surface area contributed by atoms with Crippen LogP contribution in [-0.2, 0) is 17.9 Å². The Balaban J connectivity index is 1.40. The van der Waals surface area contributed by atoms with E-state index < -0.39 is 5.54 Å². The molecule has 0 aromatic heterocycles. The maximum Gasteiger partial charge on any atom is 0.240 e. The van der Waals surface area contributed by atoms with Crippen LogP contribution in [0.25, 0.3) is 0 Å². The highest BCUT2D eigenvalue weighted by molar-refractivity contribution is 5.87. The highest BCUT2D eigenvalue weighted by Gasteiger charge is 2.64. The van der Waals surface area contributed by atoms with Crippen LogP contribution in [0.2, 0.25) is 0 Å². The van der Waals surface area contributed by atoms with Gasteiger partial charge in [-0.05, 0) is 41.7 Å². The molecule has 4 bridgehead atoms. The number of likely N-dealkylation sites (tertiary alicyclic amines) is 1. The van der Waals surface area contributed by atoms with Gasteiger partial charge in [-0.25, -0.2) is 0 Å². The van der Waals surface area contributed by atoms with Crippen molar-refractivity contribution in [1.82, 2.24) is 15.5 Å². The molecular weight excluding hydrogens is 382 g/mol. The molecule has 6 rings (SSSR count). The molecule has 5 atom stereocenters. The van der Waals surface area contributed by atoms with Crippen LogP contribution in [0.4, 0.5) is 0 Å². The van der Waals surface area contributed by atoms with Crippen molar-refractivity contribution in [3.63, 3.8) is 0 Å². The quantitative estimate of drug-likeness (QED) is 0.720. The van der Waals surface area contributed by atoms with E-state index in [1.165, 1.54) is 5.56 Å². The molecule has 4 fully saturated rings. The van der Waals surface area contributed by atoms with Crippen LogP contribution in [0.1, 0.15) is 37.8 Å². The predicted molar refractivity (Wildman–Crippen MR) is 124 cm³/mol. The van der Waals surface area contributed by atoms with Crippen LogP contribution < -0.4 is 10.6 Å². The summed E-state index contributed by atoms with van der Waals surface area (Å²) in [4.78, 5) is 16.4. The van der Waals surface area contributed by atoms with E-state index in [2.05, 4.69) is 71.8 Å². The molecule has 4 heteroatoms. The van der Waals surface area contributed by atoms with E-state index in [4.69, 9.17) is 0 Å². The van der Waals surface area contributed by atoms with Crippen LogP contribution in [0.15, 0.2) is 60.7 Å². The van der Waals surface area contributed by atoms with Crippen LogP contribution in [0.3, 0.4) is 0 Å². The third-order valence-corrected chi connectivity index (χ3v) is 7.87. The molecular formula is C27H35N3O. The van der Waals surface area contributed by atoms with Gasteiger partial charge in [-0.3, -0.25) is 9.69 Å². The summed E-state index contributed by atoms with van der Waals surface area (Å²) >= 11 is 0. The second-order valence-electron chi connectivity index (χ2n) is 10.3. The highest BCUT2D eigenvalue weighted by Crippen LogP contribution is 2.53. The number of rotatable bonds is 7. The van der Waals surface area contributed by atoms with Crippen molar-refractivity contribution in [2.24, 2.45) is 23.7 Å². The molecule has 3 saturated heterocycles. The Hall–Kier alpha value is -2.17. The van der Waals surface area contributed by atoms with Gasteiger partial charge >= 0.3 is 0 Å². The van der Waals surface area contributed by atoms with Crippen LogP contribution in [0, 0.1) is 23.7 Å². The third kappa shape index (κ3) is 3.81. The minimum Gasteiger partial charge on any atom is -0.350 e. The highest BCUT2D eigenvalue weighted by atomic mass is 16.2. The molecule has 1 saturated carbocycles. The number of hydrogen-bond donors (Lipinski definition) is 2. The van der Waals surface area contributed by atoms with Crippen LogP contribution in [0.5, 0.6) is 0 Å². The van der Waals surface area contributed by atoms with Gasteiger partial charge in [0.2, 0.25) is 5.91 Å². The van der Waals surface area contributed by atoms with Crippen LogP contribution >= 0.6 is 0 Å². The fourth-order valence-corrected chi connectivity index (χ4v) is 6.64. The van der Waals surface area contributed by atoms with Gasteiger partial charge in [-0.15, -0.1) is 0 Å². The Kier molecular flexibility index (Phi) is 5.61. The fourth-order valence-electron chi connectivity index (χ4n) is 6.64. The minimum atomic E-state index is -0.436. The lowest BCUT2D eigenvalue weighted by Crippen LogP contribution is -2.74. The smallest absolute Gasteiger partial charge is 0.240 e. The van der Waals surface area contributed by atoms with Gasteiger partial charge in [0.1, 0.15) is 5.54 Å². The summed E-state index contributed by atoms with van der Waals surface area (Å²) in [7, 11) is 0. The van der Waals surface area contributed by atoms with Crippen molar-refractivity contribution < 1.29 is 4.79 Å². The summed E-state index contributed by atoms with van der Waals surface area (Å²) in [6.07, 6.45) is 2.06. The Labute approximate surface area is 186 Å². The maximum atomic E-state index is 13.7. The lowest BCUT2D eigenvalue weighted by molar-refractivity contribution is -0.139. The SMILES string of the molecule is CC(C)CC1C2C3CNC1(C(=O)NCc1ccccc1)CC3CN2Cc1ccccc1. The standard InChI is InChI=1S/C27H35N3O/c1-19(2)13-24-25-23-16-29-27(24,26(31)28-15-20-9-5-3-6-10-20)14-22(23)18-30(25)17-21-11-7-4-8-12-21/h3-12,19,22-25,29H,13-18H2,1-2H3,(H,28,31). The molecule has 0 spiro atoms. The van der Waals surface area contributed by atoms with Crippen molar-refractivity contribution in [2.45, 2.75) is 51.4 Å². The Bertz CT molecular complexity index is 899. The van der Waals surface area contributed by atoms with E-state index in [1.807, 2.05) is 18.2 Å². The van der Waals surface area contributed by atoms with E-state index in [-0.39, 0.29) is 5.91 Å². The summed E-state index contributed by atoms with van der Waals surface area (Å²) in [5.74, 6) is 2.40. The summed E-state index contributed by atoms with van der Waals surface area (Å²) in [6.45, 7) is 8.28. The van der Waals surface area contributed by atoms with Gasteiger partial charge in [-0.1, -0.05) is 74.5 Å². The summed E-state index contributed by atoms with van der Waals surface area (Å²) in [5.41, 5.74) is 2.10. The zero-order chi connectivity index (χ0) is 21.4. The van der Waals surface area contributed by atoms with Crippen LogP contribution in [-0.4, -0.2) is 35.5 Å². The first-order valence-electron chi connectivity index (χ1n) is 11.9. The Morgan fingerprint density at radius 3 is 2.45 bits per heavy atom. The topological polar surface area (TPSA) is 44.4 Å². The first-order valence-corrected chi connectivity index (χ1v) is 11.9. The third-order valence-electron chi connectivity index (χ3n) is 7.87. The number of nitrogens with zero attached hydrogens (tertiary/aromatic N) is 1. The van der Waals surface area contributed by atoms with Gasteiger partial charge in [0.15, 0.2) is 0 Å². The number of piperidine rings is 2. The number of carbonyl (C=O) groups excluding carboxylic acids is 1. The Morgan fingerprint density at radius 2 is 1.77 bits per heavy atom. The molecule has 3 heterocycles. The zero-order valence-corrected chi connectivity index (χ0v) is 18.8. The lowest BCUT2D eigenvalue weighted by atomic mass is 9.57. The molecule has 2 N–H and O–H groups in total. The predicted octanol–water partition coefficient (Wildman–Crippen LogP) is 3.83. The van der Waals surface area contributed by atoms with Crippen molar-refractivity contribution >= 4 is 5.91 Å². The van der Waals surface area contributed by atoms with Crippen molar-refractivity contribution in [1.29, 1.82) is 0 Å². The summed E-state index contributed by atoms with van der Waals surface area (Å²) in [6, 6.07) is 21.6. The summed E-state index contributed by atoms with van der Waals surface area (Å²) in [5, 5.41) is 7.07. The number of fused-ring (bicyclic) bond motifs is 1. The molecule has 1 aliphatic carbocycles. The first kappa shape index (κ1) is 20.7. The molecule has 2 aromatic carbocycles. The molecule has 5 unspecified atom stereocenters. The molecule has 1 amide bonds. The van der Waals surface area contributed by atoms with E-state index in [0.29, 0.717) is 36.3 Å². The van der Waals surface area contributed by atoms with Crippen molar-refractivity contribution in [3.8, 4) is 0 Å². The minimum absolute atomic E-state index is 0.205. The lowest BCUT2D eigenvalue weighted by Gasteiger charge is -2.56. The van der Waals surface area contributed by atoms with Gasteiger partial charge < -0.3 is 10.6 Å². The normalized spacial score (nSPS) is 31.8. The first-order chi connectivity index (χ1) is 15.1. The van der Waals surface area contributed by atoms with E-state index in [1.54, 1.807) is 0 Å². The van der Waals surface area contributed by atoms with E-state index >= 15 is 0 Å². The molecule has 4 nitrogen and oxygen atoms in total. The van der Waals surface area contributed by atoms with Gasteiger partial charge in [0.25, 0.3) is 0 Å². The van der Waals surface area contributed by atoms with E-state index in [9.17, 15) is 4.79 Å². The molecule has 164 valence electrons. The molecule has 31 heavy (non-hydrogen) atoms. The molecule has 2 aromatic rings. The molecule has 3 aliphatic heterocycles. The largest absolute Gasteiger partial charge is 0.350 e. The summed E-state index contributed by atoms with van der Waals surface area (Å²) < 4.78 is 0. The number of nitrogens with one attached hydrogen (secondary N) is 2. The van der Waals surface area contributed by atoms with E-state index in [0.717, 1.165) is 38.0 Å². The monoisotopic (exact) mass is 417 g/mol. The zero-order valence-electron chi connectivity index (χ0n) is 18.8. The van der Waals surface area contributed by atoms with Gasteiger partial charge in [0.05, 0.1) is 0 Å².